The van der Waals surface area contributed by atoms with E-state index in [0.717, 1.165) is 25.3 Å². The Bertz CT molecular complexity index is 1250. The lowest BCUT2D eigenvalue weighted by molar-refractivity contribution is -0.110. The molecule has 1 fully saturated rings. The summed E-state index contributed by atoms with van der Waals surface area (Å²) in [6.45, 7) is 3.22. The minimum absolute atomic E-state index is 0.121. The topological polar surface area (TPSA) is 94.6 Å². The van der Waals surface area contributed by atoms with Crippen LogP contribution in [-0.2, 0) is 11.3 Å². The fraction of sp³-hybridized carbons (Fsp3) is 0.222. The normalized spacial score (nSPS) is 17.1. The molecular weight excluding hydrogens is 428 g/mol. The first-order valence-electron chi connectivity index (χ1n) is 11.5. The van der Waals surface area contributed by atoms with Gasteiger partial charge in [-0.05, 0) is 74.0 Å². The van der Waals surface area contributed by atoms with Crippen LogP contribution in [0.5, 0.6) is 0 Å². The summed E-state index contributed by atoms with van der Waals surface area (Å²) in [6, 6.07) is 18.3. The molecule has 2 aromatic carbocycles. The summed E-state index contributed by atoms with van der Waals surface area (Å²) in [6.07, 6.45) is 5.50. The van der Waals surface area contributed by atoms with Gasteiger partial charge in [0.2, 0.25) is 0 Å². The number of pyridine rings is 1. The van der Waals surface area contributed by atoms with Crippen LogP contribution >= 0.6 is 0 Å². The van der Waals surface area contributed by atoms with Gasteiger partial charge in [-0.1, -0.05) is 24.6 Å². The fourth-order valence-electron chi connectivity index (χ4n) is 4.53. The van der Waals surface area contributed by atoms with Crippen molar-refractivity contribution < 1.29 is 14.7 Å². The van der Waals surface area contributed by atoms with Crippen LogP contribution in [0, 0.1) is 0 Å². The van der Waals surface area contributed by atoms with E-state index >= 15 is 0 Å². The van der Waals surface area contributed by atoms with Gasteiger partial charge in [0.15, 0.2) is 0 Å². The summed E-state index contributed by atoms with van der Waals surface area (Å²) in [5, 5.41) is 15.7. The lowest BCUT2D eigenvalue weighted by Gasteiger charge is -2.26. The largest absolute Gasteiger partial charge is 0.478 e. The van der Waals surface area contributed by atoms with Crippen molar-refractivity contribution >= 4 is 34.5 Å². The Kier molecular flexibility index (Phi) is 6.10. The molecule has 7 heteroatoms. The second-order valence-electron chi connectivity index (χ2n) is 8.64. The Morgan fingerprint density at radius 3 is 2.53 bits per heavy atom. The number of amides is 1. The highest BCUT2D eigenvalue weighted by molar-refractivity contribution is 6.37. The van der Waals surface area contributed by atoms with E-state index in [0.29, 0.717) is 28.2 Å². The number of likely N-dealkylation sites (tertiary alicyclic amines) is 1. The van der Waals surface area contributed by atoms with Gasteiger partial charge in [-0.25, -0.2) is 4.79 Å². The highest BCUT2D eigenvalue weighted by Crippen LogP contribution is 2.37. The number of anilines is 2. The van der Waals surface area contributed by atoms with Crippen molar-refractivity contribution in [1.82, 2.24) is 9.88 Å². The van der Waals surface area contributed by atoms with E-state index in [1.807, 2.05) is 30.3 Å². The van der Waals surface area contributed by atoms with Crippen molar-refractivity contribution in [3.8, 4) is 0 Å². The molecule has 1 saturated heterocycles. The lowest BCUT2D eigenvalue weighted by atomic mass is 10.0. The summed E-state index contributed by atoms with van der Waals surface area (Å²) in [5.74, 6) is -1.34. The second kappa shape index (κ2) is 9.49. The molecule has 34 heavy (non-hydrogen) atoms. The van der Waals surface area contributed by atoms with Crippen LogP contribution in [0.25, 0.3) is 11.3 Å². The summed E-state index contributed by atoms with van der Waals surface area (Å²) >= 11 is 0. The van der Waals surface area contributed by atoms with Crippen LogP contribution in [0.4, 0.5) is 11.4 Å². The zero-order valence-electron chi connectivity index (χ0n) is 18.8. The second-order valence-corrected chi connectivity index (χ2v) is 8.64. The molecule has 3 aromatic rings. The van der Waals surface area contributed by atoms with Crippen molar-refractivity contribution in [2.45, 2.75) is 25.8 Å². The smallest absolute Gasteiger partial charge is 0.335 e. The number of aromatic carboxylic acids is 1. The van der Waals surface area contributed by atoms with Gasteiger partial charge in [-0.15, -0.1) is 0 Å². The van der Waals surface area contributed by atoms with E-state index in [4.69, 9.17) is 0 Å². The molecule has 0 spiro atoms. The molecule has 0 atom stereocenters. The number of benzene rings is 2. The molecule has 1 aromatic heterocycles. The number of carboxylic acids is 1. The number of hydrogen-bond acceptors (Lipinski definition) is 5. The van der Waals surface area contributed by atoms with Gasteiger partial charge in [-0.2, -0.15) is 0 Å². The van der Waals surface area contributed by atoms with Crippen LogP contribution in [-0.4, -0.2) is 40.0 Å². The van der Waals surface area contributed by atoms with Gasteiger partial charge in [0, 0.05) is 29.7 Å². The van der Waals surface area contributed by atoms with Gasteiger partial charge in [-0.3, -0.25) is 14.7 Å². The predicted molar refractivity (Wildman–Crippen MR) is 132 cm³/mol. The summed E-state index contributed by atoms with van der Waals surface area (Å²) in [5.41, 5.74) is 4.81. The molecule has 3 heterocycles. The summed E-state index contributed by atoms with van der Waals surface area (Å²) < 4.78 is 0. The molecule has 7 nitrogen and oxygen atoms in total. The minimum atomic E-state index is -1.04. The molecule has 0 aliphatic carbocycles. The lowest BCUT2D eigenvalue weighted by Crippen LogP contribution is -2.29. The standard InChI is InChI=1S/C27H26N4O3/c32-26-24(21-16-19(27(33)34)9-12-22(21)30-26)25(23-6-2-3-13-28-23)29-20-10-7-18(8-11-20)17-31-14-4-1-5-15-31/h2-3,6-13,16,29H,1,4-5,14-15,17H2,(H,30,32)(H,33,34). The Balaban J connectivity index is 1.50. The third kappa shape index (κ3) is 4.56. The summed E-state index contributed by atoms with van der Waals surface area (Å²) in [4.78, 5) is 31.5. The highest BCUT2D eigenvalue weighted by Gasteiger charge is 2.29. The summed E-state index contributed by atoms with van der Waals surface area (Å²) in [7, 11) is 0. The zero-order valence-corrected chi connectivity index (χ0v) is 18.8. The Morgan fingerprint density at radius 2 is 1.82 bits per heavy atom. The number of fused-ring (bicyclic) bond motifs is 1. The van der Waals surface area contributed by atoms with E-state index < -0.39 is 5.97 Å². The number of carboxylic acid groups (broad SMARTS) is 1. The Hall–Kier alpha value is -3.97. The van der Waals surface area contributed by atoms with Crippen molar-refractivity contribution in [3.05, 3.63) is 89.2 Å². The molecule has 0 saturated carbocycles. The van der Waals surface area contributed by atoms with Crippen LogP contribution in [0.1, 0.15) is 46.4 Å². The van der Waals surface area contributed by atoms with Gasteiger partial charge in [0.1, 0.15) is 0 Å². The van der Waals surface area contributed by atoms with Crippen molar-refractivity contribution in [1.29, 1.82) is 0 Å². The van der Waals surface area contributed by atoms with Crippen LogP contribution in [0.2, 0.25) is 0 Å². The van der Waals surface area contributed by atoms with Crippen LogP contribution in [0.3, 0.4) is 0 Å². The van der Waals surface area contributed by atoms with Gasteiger partial charge in [0.05, 0.1) is 22.5 Å². The molecule has 1 amide bonds. The number of hydrogen-bond donors (Lipinski definition) is 3. The molecule has 0 bridgehead atoms. The number of rotatable bonds is 6. The molecule has 2 aliphatic heterocycles. The maximum atomic E-state index is 13.0. The number of carbonyl (C=O) groups excluding carboxylic acids is 1. The number of carbonyl (C=O) groups is 2. The predicted octanol–water partition coefficient (Wildman–Crippen LogP) is 4.70. The van der Waals surface area contributed by atoms with Crippen molar-refractivity contribution in [2.24, 2.45) is 0 Å². The van der Waals surface area contributed by atoms with Crippen LogP contribution in [0.15, 0.2) is 66.9 Å². The molecule has 2 aliphatic rings. The van der Waals surface area contributed by atoms with Crippen molar-refractivity contribution in [2.75, 3.05) is 23.7 Å². The third-order valence-corrected chi connectivity index (χ3v) is 6.26. The first-order chi connectivity index (χ1) is 16.6. The monoisotopic (exact) mass is 454 g/mol. The molecule has 0 radical (unpaired) electrons. The minimum Gasteiger partial charge on any atom is -0.478 e. The molecule has 0 unspecified atom stereocenters. The molecule has 172 valence electrons. The fourth-order valence-corrected chi connectivity index (χ4v) is 4.53. The molecule has 3 N–H and O–H groups in total. The number of aromatic nitrogens is 1. The number of piperidine rings is 1. The SMILES string of the molecule is O=C1Nc2ccc(C(=O)O)cc2C1=C(Nc1ccc(CN2CCCCC2)cc1)c1ccccn1. The maximum absolute atomic E-state index is 13.0. The number of nitrogens with zero attached hydrogens (tertiary/aromatic N) is 2. The van der Waals surface area contributed by atoms with Crippen molar-refractivity contribution in [3.63, 3.8) is 0 Å². The van der Waals surface area contributed by atoms with Gasteiger partial charge < -0.3 is 15.7 Å². The maximum Gasteiger partial charge on any atom is 0.335 e. The number of nitrogens with one attached hydrogen (secondary N) is 2. The van der Waals surface area contributed by atoms with Gasteiger partial charge in [0.25, 0.3) is 5.91 Å². The van der Waals surface area contributed by atoms with E-state index in [1.165, 1.54) is 37.0 Å². The highest BCUT2D eigenvalue weighted by atomic mass is 16.4. The average Bonchev–Trinajstić information content (AvgIpc) is 3.19. The van der Waals surface area contributed by atoms with E-state index in [9.17, 15) is 14.7 Å². The van der Waals surface area contributed by atoms with Gasteiger partial charge >= 0.3 is 5.97 Å². The van der Waals surface area contributed by atoms with E-state index in [-0.39, 0.29) is 11.5 Å². The first-order valence-corrected chi connectivity index (χ1v) is 11.5. The van der Waals surface area contributed by atoms with Crippen LogP contribution < -0.4 is 10.6 Å². The Labute approximate surface area is 198 Å². The average molecular weight is 455 g/mol. The quantitative estimate of drug-likeness (QED) is 0.468. The van der Waals surface area contributed by atoms with E-state index in [2.05, 4.69) is 32.7 Å². The third-order valence-electron chi connectivity index (χ3n) is 6.26. The van der Waals surface area contributed by atoms with E-state index in [1.54, 1.807) is 12.3 Å². The molecule has 5 rings (SSSR count). The Morgan fingerprint density at radius 1 is 1.03 bits per heavy atom. The molecular formula is C27H26N4O3. The first kappa shape index (κ1) is 21.9. The zero-order chi connectivity index (χ0) is 23.5.